The fraction of sp³-hybridized carbons (Fsp3) is 0.125. The first-order valence-electron chi connectivity index (χ1n) is 9.61. The van der Waals surface area contributed by atoms with Crippen LogP contribution >= 0.6 is 0 Å². The number of aromatic amines is 1. The topological polar surface area (TPSA) is 80.3 Å². The second-order valence-corrected chi connectivity index (χ2v) is 6.93. The van der Waals surface area contributed by atoms with Crippen molar-refractivity contribution in [1.29, 1.82) is 0 Å². The summed E-state index contributed by atoms with van der Waals surface area (Å²) in [6.07, 6.45) is 6.71. The number of benzene rings is 1. The van der Waals surface area contributed by atoms with Gasteiger partial charge in [-0.1, -0.05) is 6.58 Å². The molecule has 31 heavy (non-hydrogen) atoms. The number of anilines is 1. The lowest BCUT2D eigenvalue weighted by Gasteiger charge is -2.18. The number of nitrogens with zero attached hydrogens (tertiary/aromatic N) is 3. The van der Waals surface area contributed by atoms with E-state index >= 15 is 0 Å². The van der Waals surface area contributed by atoms with Crippen LogP contribution in [0.4, 0.5) is 5.69 Å². The number of amides is 1. The van der Waals surface area contributed by atoms with Crippen LogP contribution in [-0.2, 0) is 4.79 Å². The first-order chi connectivity index (χ1) is 15.0. The number of likely N-dealkylation sites (N-methyl/N-ethyl adjacent to an activating group) is 1. The predicted molar refractivity (Wildman–Crippen MR) is 121 cm³/mol. The van der Waals surface area contributed by atoms with Gasteiger partial charge < -0.3 is 19.4 Å². The number of pyridine rings is 2. The van der Waals surface area contributed by atoms with E-state index in [4.69, 9.17) is 9.47 Å². The minimum Gasteiger partial charge on any atom is -0.497 e. The van der Waals surface area contributed by atoms with Gasteiger partial charge in [0.1, 0.15) is 11.4 Å². The van der Waals surface area contributed by atoms with Crippen molar-refractivity contribution in [2.45, 2.75) is 0 Å². The van der Waals surface area contributed by atoms with Crippen LogP contribution in [0.15, 0.2) is 67.6 Å². The fourth-order valence-electron chi connectivity index (χ4n) is 3.41. The summed E-state index contributed by atoms with van der Waals surface area (Å²) in [7, 11) is 4.89. The van der Waals surface area contributed by atoms with Gasteiger partial charge in [0.15, 0.2) is 0 Å². The lowest BCUT2D eigenvalue weighted by molar-refractivity contribution is -0.113. The molecular weight excluding hydrogens is 392 g/mol. The van der Waals surface area contributed by atoms with E-state index in [1.165, 1.54) is 11.0 Å². The second kappa shape index (κ2) is 8.31. The Hall–Kier alpha value is -4.13. The molecule has 0 spiro atoms. The highest BCUT2D eigenvalue weighted by atomic mass is 16.5. The van der Waals surface area contributed by atoms with Gasteiger partial charge >= 0.3 is 0 Å². The molecule has 1 amide bonds. The average molecular weight is 414 g/mol. The van der Waals surface area contributed by atoms with Gasteiger partial charge in [-0.15, -0.1) is 0 Å². The van der Waals surface area contributed by atoms with Crippen LogP contribution < -0.4 is 14.4 Å². The van der Waals surface area contributed by atoms with Crippen molar-refractivity contribution in [3.63, 3.8) is 0 Å². The predicted octanol–water partition coefficient (Wildman–Crippen LogP) is 4.46. The number of ether oxygens (including phenoxy) is 2. The normalized spacial score (nSPS) is 10.7. The van der Waals surface area contributed by atoms with Crippen LogP contribution in [0.25, 0.3) is 33.3 Å². The van der Waals surface area contributed by atoms with Crippen LogP contribution in [0.1, 0.15) is 0 Å². The SMILES string of the molecule is C=CC(=O)N(C)c1cc(OC)cc(-c2cnc3[nH]cc(-c4ccnc(OC)c4)c3c2)c1. The highest BCUT2D eigenvalue weighted by Crippen LogP contribution is 2.34. The van der Waals surface area contributed by atoms with Gasteiger partial charge in [0.25, 0.3) is 0 Å². The molecule has 7 heteroatoms. The monoisotopic (exact) mass is 414 g/mol. The van der Waals surface area contributed by atoms with Gasteiger partial charge in [-0.2, -0.15) is 0 Å². The average Bonchev–Trinajstić information content (AvgIpc) is 3.26. The summed E-state index contributed by atoms with van der Waals surface area (Å²) in [5, 5.41) is 0.964. The maximum atomic E-state index is 12.1. The number of H-pyrrole nitrogens is 1. The third-order valence-corrected chi connectivity index (χ3v) is 5.14. The molecule has 0 atom stereocenters. The molecule has 0 fully saturated rings. The summed E-state index contributed by atoms with van der Waals surface area (Å²) in [6.45, 7) is 3.56. The molecule has 3 heterocycles. The number of aromatic nitrogens is 3. The molecule has 0 aliphatic carbocycles. The molecular formula is C24H22N4O3. The molecule has 3 aromatic heterocycles. The van der Waals surface area contributed by atoms with Crippen molar-refractivity contribution < 1.29 is 14.3 Å². The fourth-order valence-corrected chi connectivity index (χ4v) is 3.41. The van der Waals surface area contributed by atoms with Crippen molar-refractivity contribution >= 4 is 22.6 Å². The van der Waals surface area contributed by atoms with Crippen molar-refractivity contribution in [1.82, 2.24) is 15.0 Å². The molecule has 0 aliphatic heterocycles. The Balaban J connectivity index is 1.83. The lowest BCUT2D eigenvalue weighted by Crippen LogP contribution is -2.23. The standard InChI is InChI=1S/C24H22N4O3/c1-5-23(29)28(2)18-8-16(9-19(12-18)30-3)17-10-20-21(14-27-24(20)26-13-17)15-6-7-25-22(11-15)31-4/h5-14H,1H2,2-4H3,(H,26,27). The molecule has 0 saturated heterocycles. The van der Waals surface area contributed by atoms with E-state index in [9.17, 15) is 4.79 Å². The molecule has 4 aromatic rings. The molecule has 156 valence electrons. The third kappa shape index (κ3) is 3.85. The zero-order valence-electron chi connectivity index (χ0n) is 17.5. The summed E-state index contributed by atoms with van der Waals surface area (Å²) in [6, 6.07) is 11.5. The number of methoxy groups -OCH3 is 2. The van der Waals surface area contributed by atoms with E-state index < -0.39 is 0 Å². The number of carbonyl (C=O) groups is 1. The Bertz CT molecular complexity index is 1280. The largest absolute Gasteiger partial charge is 0.497 e. The van der Waals surface area contributed by atoms with Crippen molar-refractivity contribution in [2.24, 2.45) is 0 Å². The summed E-state index contributed by atoms with van der Waals surface area (Å²) >= 11 is 0. The van der Waals surface area contributed by atoms with E-state index in [2.05, 4.69) is 27.6 Å². The van der Waals surface area contributed by atoms with Gasteiger partial charge in [-0.25, -0.2) is 9.97 Å². The highest BCUT2D eigenvalue weighted by Gasteiger charge is 2.14. The summed E-state index contributed by atoms with van der Waals surface area (Å²) in [5.41, 5.74) is 5.22. The van der Waals surface area contributed by atoms with Gasteiger partial charge in [0, 0.05) is 60.0 Å². The number of carbonyl (C=O) groups excluding carboxylic acids is 1. The maximum absolute atomic E-state index is 12.1. The third-order valence-electron chi connectivity index (χ3n) is 5.14. The van der Waals surface area contributed by atoms with Crippen LogP contribution in [0.3, 0.4) is 0 Å². The zero-order chi connectivity index (χ0) is 22.0. The van der Waals surface area contributed by atoms with Crippen LogP contribution in [0, 0.1) is 0 Å². The van der Waals surface area contributed by atoms with Crippen LogP contribution in [0.5, 0.6) is 11.6 Å². The van der Waals surface area contributed by atoms with E-state index in [0.717, 1.165) is 33.3 Å². The van der Waals surface area contributed by atoms with Crippen molar-refractivity contribution in [3.05, 3.63) is 67.6 Å². The molecule has 0 saturated carbocycles. The molecule has 0 aliphatic rings. The summed E-state index contributed by atoms with van der Waals surface area (Å²) < 4.78 is 10.7. The Morgan fingerprint density at radius 2 is 1.90 bits per heavy atom. The molecule has 1 aromatic carbocycles. The minimum absolute atomic E-state index is 0.202. The minimum atomic E-state index is -0.202. The highest BCUT2D eigenvalue weighted by molar-refractivity contribution is 6.01. The molecule has 1 N–H and O–H groups in total. The van der Waals surface area contributed by atoms with E-state index in [-0.39, 0.29) is 5.91 Å². The lowest BCUT2D eigenvalue weighted by atomic mass is 10.0. The number of fused-ring (bicyclic) bond motifs is 1. The Kier molecular flexibility index (Phi) is 5.41. The van der Waals surface area contributed by atoms with E-state index in [0.29, 0.717) is 17.3 Å². The first-order valence-corrected chi connectivity index (χ1v) is 9.61. The van der Waals surface area contributed by atoms with Gasteiger partial charge in [-0.3, -0.25) is 4.79 Å². The number of nitrogens with one attached hydrogen (secondary N) is 1. The Labute approximate surface area is 180 Å². The number of rotatable bonds is 6. The number of hydrogen-bond donors (Lipinski definition) is 1. The van der Waals surface area contributed by atoms with Gasteiger partial charge in [0.05, 0.1) is 14.2 Å². The number of hydrogen-bond acceptors (Lipinski definition) is 5. The van der Waals surface area contributed by atoms with Gasteiger partial charge in [-0.05, 0) is 41.5 Å². The molecule has 0 unspecified atom stereocenters. The molecule has 7 nitrogen and oxygen atoms in total. The van der Waals surface area contributed by atoms with Crippen LogP contribution in [0.2, 0.25) is 0 Å². The smallest absolute Gasteiger partial charge is 0.250 e. The Morgan fingerprint density at radius 1 is 1.06 bits per heavy atom. The summed E-state index contributed by atoms with van der Waals surface area (Å²) in [4.78, 5) is 25.6. The first kappa shape index (κ1) is 20.2. The van der Waals surface area contributed by atoms with Gasteiger partial charge in [0.2, 0.25) is 11.8 Å². The quantitative estimate of drug-likeness (QED) is 0.471. The zero-order valence-corrected chi connectivity index (χ0v) is 17.5. The second-order valence-electron chi connectivity index (χ2n) is 6.93. The Morgan fingerprint density at radius 3 is 2.65 bits per heavy atom. The van der Waals surface area contributed by atoms with Crippen molar-refractivity contribution in [2.75, 3.05) is 26.2 Å². The molecule has 0 radical (unpaired) electrons. The molecule has 4 rings (SSSR count). The van der Waals surface area contributed by atoms with Crippen LogP contribution in [-0.4, -0.2) is 42.1 Å². The van der Waals surface area contributed by atoms with E-state index in [1.54, 1.807) is 33.7 Å². The van der Waals surface area contributed by atoms with E-state index in [1.807, 2.05) is 36.5 Å². The summed E-state index contributed by atoms with van der Waals surface area (Å²) in [5.74, 6) is 0.986. The van der Waals surface area contributed by atoms with Crippen molar-refractivity contribution in [3.8, 4) is 33.9 Å². The maximum Gasteiger partial charge on any atom is 0.250 e. The molecule has 0 bridgehead atoms.